The van der Waals surface area contributed by atoms with Gasteiger partial charge >= 0.3 is 0 Å². The van der Waals surface area contributed by atoms with E-state index in [1.165, 1.54) is 0 Å². The first-order valence-corrected chi connectivity index (χ1v) is 6.62. The van der Waals surface area contributed by atoms with Crippen LogP contribution in [0.1, 0.15) is 24.1 Å². The first-order valence-electron chi connectivity index (χ1n) is 6.62. The topological polar surface area (TPSA) is 73.6 Å². The molecule has 1 saturated carbocycles. The molecule has 2 aliphatic rings. The molecule has 100 valence electrons. The fourth-order valence-corrected chi connectivity index (χ4v) is 1.96. The average molecular weight is 265 g/mol. The van der Waals surface area contributed by atoms with E-state index in [9.17, 15) is 5.26 Å². The predicted molar refractivity (Wildman–Crippen MR) is 77.4 cm³/mol. The molecule has 0 amide bonds. The molecule has 1 aromatic heterocycles. The summed E-state index contributed by atoms with van der Waals surface area (Å²) in [6.07, 6.45) is 11.5. The Morgan fingerprint density at radius 2 is 2.30 bits per heavy atom. The van der Waals surface area contributed by atoms with Crippen molar-refractivity contribution in [2.24, 2.45) is 0 Å². The lowest BCUT2D eigenvalue weighted by molar-refractivity contribution is 1.02. The zero-order valence-corrected chi connectivity index (χ0v) is 11.2. The molecule has 0 bridgehead atoms. The monoisotopic (exact) mass is 265 g/mol. The van der Waals surface area contributed by atoms with Crippen LogP contribution < -0.4 is 10.6 Å². The summed E-state index contributed by atoms with van der Waals surface area (Å²) in [4.78, 5) is 8.77. The number of hydrogen-bond donors (Lipinski definition) is 2. The SMILES string of the molecule is Cc1cnc(NC2CC2)nc1/C(C#N)=C1/C=CC=CN1. The van der Waals surface area contributed by atoms with Crippen molar-refractivity contribution in [3.05, 3.63) is 47.6 Å². The molecule has 0 unspecified atom stereocenters. The smallest absolute Gasteiger partial charge is 0.223 e. The first kappa shape index (κ1) is 12.4. The van der Waals surface area contributed by atoms with E-state index in [2.05, 4.69) is 26.7 Å². The van der Waals surface area contributed by atoms with E-state index in [1.54, 1.807) is 12.4 Å². The Labute approximate surface area is 117 Å². The molecule has 1 aliphatic carbocycles. The summed E-state index contributed by atoms with van der Waals surface area (Å²) in [7, 11) is 0. The van der Waals surface area contributed by atoms with Gasteiger partial charge in [0.05, 0.1) is 11.4 Å². The van der Waals surface area contributed by atoms with Crippen LogP contribution in [0, 0.1) is 18.3 Å². The zero-order valence-electron chi connectivity index (χ0n) is 11.2. The average Bonchev–Trinajstić information content (AvgIpc) is 3.28. The molecule has 0 saturated heterocycles. The third-order valence-corrected chi connectivity index (χ3v) is 3.21. The molecule has 3 rings (SSSR count). The molecule has 1 aromatic rings. The molecule has 0 atom stereocenters. The number of dihydropyridines is 1. The van der Waals surface area contributed by atoms with Crippen molar-refractivity contribution in [2.45, 2.75) is 25.8 Å². The molecule has 0 aromatic carbocycles. The van der Waals surface area contributed by atoms with Crippen LogP contribution in [0.5, 0.6) is 0 Å². The Balaban J connectivity index is 2.00. The van der Waals surface area contributed by atoms with Crippen LogP contribution in [0.3, 0.4) is 0 Å². The second-order valence-corrected chi connectivity index (χ2v) is 4.91. The molecule has 1 aliphatic heterocycles. The molecule has 5 heteroatoms. The molecule has 5 nitrogen and oxygen atoms in total. The minimum absolute atomic E-state index is 0.486. The Hall–Kier alpha value is -2.61. The molecule has 2 N–H and O–H groups in total. The van der Waals surface area contributed by atoms with Gasteiger partial charge in [0.25, 0.3) is 0 Å². The van der Waals surface area contributed by atoms with Crippen molar-refractivity contribution in [3.63, 3.8) is 0 Å². The first-order chi connectivity index (χ1) is 9.78. The van der Waals surface area contributed by atoms with Crippen LogP contribution in [-0.2, 0) is 0 Å². The van der Waals surface area contributed by atoms with Gasteiger partial charge in [-0.3, -0.25) is 0 Å². The summed E-state index contributed by atoms with van der Waals surface area (Å²) in [5.74, 6) is 0.594. The lowest BCUT2D eigenvalue weighted by Crippen LogP contribution is -2.11. The summed E-state index contributed by atoms with van der Waals surface area (Å²) < 4.78 is 0. The highest BCUT2D eigenvalue weighted by Crippen LogP contribution is 2.25. The maximum Gasteiger partial charge on any atom is 0.223 e. The normalized spacial score (nSPS) is 19.2. The van der Waals surface area contributed by atoms with Crippen LogP contribution >= 0.6 is 0 Å². The van der Waals surface area contributed by atoms with Gasteiger partial charge < -0.3 is 10.6 Å². The Morgan fingerprint density at radius 1 is 1.45 bits per heavy atom. The minimum atomic E-state index is 0.486. The molecule has 0 spiro atoms. The van der Waals surface area contributed by atoms with Gasteiger partial charge in [-0.1, -0.05) is 6.08 Å². The second kappa shape index (κ2) is 5.17. The highest BCUT2D eigenvalue weighted by atomic mass is 15.1. The molecule has 20 heavy (non-hydrogen) atoms. The van der Waals surface area contributed by atoms with Crippen molar-refractivity contribution < 1.29 is 0 Å². The Bertz CT molecular complexity index is 659. The summed E-state index contributed by atoms with van der Waals surface area (Å²) >= 11 is 0. The molecule has 1 fully saturated rings. The van der Waals surface area contributed by atoms with Gasteiger partial charge in [0, 0.05) is 18.4 Å². The third-order valence-electron chi connectivity index (χ3n) is 3.21. The maximum atomic E-state index is 9.45. The number of nitriles is 1. The fourth-order valence-electron chi connectivity index (χ4n) is 1.96. The third kappa shape index (κ3) is 2.54. The maximum absolute atomic E-state index is 9.45. The van der Waals surface area contributed by atoms with Crippen LogP contribution in [0.25, 0.3) is 5.57 Å². The predicted octanol–water partition coefficient (Wildman–Crippen LogP) is 2.27. The van der Waals surface area contributed by atoms with Crippen LogP contribution in [-0.4, -0.2) is 16.0 Å². The number of hydrogen-bond acceptors (Lipinski definition) is 5. The minimum Gasteiger partial charge on any atom is -0.361 e. The summed E-state index contributed by atoms with van der Waals surface area (Å²) in [6, 6.07) is 2.72. The van der Waals surface area contributed by atoms with Gasteiger partial charge in [0.15, 0.2) is 0 Å². The highest BCUT2D eigenvalue weighted by Gasteiger charge is 2.22. The largest absolute Gasteiger partial charge is 0.361 e. The Morgan fingerprint density at radius 3 is 2.95 bits per heavy atom. The van der Waals surface area contributed by atoms with Crippen LogP contribution in [0.2, 0.25) is 0 Å². The van der Waals surface area contributed by atoms with Gasteiger partial charge in [0.1, 0.15) is 11.6 Å². The van der Waals surface area contributed by atoms with E-state index in [0.717, 1.165) is 24.1 Å². The van der Waals surface area contributed by atoms with Gasteiger partial charge in [-0.2, -0.15) is 5.26 Å². The Kier molecular flexibility index (Phi) is 3.21. The number of anilines is 1. The van der Waals surface area contributed by atoms with Gasteiger partial charge in [-0.05, 0) is 37.5 Å². The van der Waals surface area contributed by atoms with Crippen molar-refractivity contribution in [3.8, 4) is 6.07 Å². The summed E-state index contributed by atoms with van der Waals surface area (Å²) in [6.45, 7) is 1.91. The zero-order chi connectivity index (χ0) is 13.9. The molecule has 2 heterocycles. The van der Waals surface area contributed by atoms with E-state index >= 15 is 0 Å². The van der Waals surface area contributed by atoms with E-state index in [4.69, 9.17) is 0 Å². The highest BCUT2D eigenvalue weighted by molar-refractivity contribution is 5.80. The summed E-state index contributed by atoms with van der Waals surface area (Å²) in [5.41, 5.74) is 2.85. The summed E-state index contributed by atoms with van der Waals surface area (Å²) in [5, 5.41) is 15.8. The van der Waals surface area contributed by atoms with E-state index in [-0.39, 0.29) is 0 Å². The van der Waals surface area contributed by atoms with E-state index in [0.29, 0.717) is 23.3 Å². The number of rotatable bonds is 3. The van der Waals surface area contributed by atoms with Crippen LogP contribution in [0.15, 0.2) is 36.3 Å². The van der Waals surface area contributed by atoms with Crippen molar-refractivity contribution in [2.75, 3.05) is 5.32 Å². The lowest BCUT2D eigenvalue weighted by atomic mass is 10.1. The number of nitrogens with one attached hydrogen (secondary N) is 2. The van der Waals surface area contributed by atoms with Gasteiger partial charge in [0.2, 0.25) is 5.95 Å². The van der Waals surface area contributed by atoms with Gasteiger partial charge in [-0.15, -0.1) is 0 Å². The van der Waals surface area contributed by atoms with Crippen LogP contribution in [0.4, 0.5) is 5.95 Å². The number of aromatic nitrogens is 2. The number of allylic oxidation sites excluding steroid dienone is 4. The molecular weight excluding hydrogens is 250 g/mol. The molecular formula is C15H15N5. The van der Waals surface area contributed by atoms with Crippen molar-refractivity contribution in [1.29, 1.82) is 5.26 Å². The quantitative estimate of drug-likeness (QED) is 0.820. The van der Waals surface area contributed by atoms with E-state index < -0.39 is 0 Å². The second-order valence-electron chi connectivity index (χ2n) is 4.91. The van der Waals surface area contributed by atoms with Gasteiger partial charge in [-0.25, -0.2) is 9.97 Å². The number of aryl methyl sites for hydroxylation is 1. The molecule has 0 radical (unpaired) electrons. The van der Waals surface area contributed by atoms with E-state index in [1.807, 2.05) is 25.2 Å². The van der Waals surface area contributed by atoms with Crippen molar-refractivity contribution >= 4 is 11.5 Å². The lowest BCUT2D eigenvalue weighted by Gasteiger charge is -2.11. The fraction of sp³-hybridized carbons (Fsp3) is 0.267. The van der Waals surface area contributed by atoms with Crippen molar-refractivity contribution in [1.82, 2.24) is 15.3 Å². The number of nitrogens with zero attached hydrogens (tertiary/aromatic N) is 3. The standard InChI is InChI=1S/C15H15N5/c1-10-9-18-15(19-11-5-6-11)20-14(10)12(8-16)13-4-2-3-7-17-13/h2-4,7,9,11,17H,5-6H2,1H3,(H,18,19,20)/b13-12-.